The number of aromatic hydroxyl groups is 1. The Morgan fingerprint density at radius 2 is 1.77 bits per heavy atom. The minimum atomic E-state index is -1.21. The lowest BCUT2D eigenvalue weighted by atomic mass is 9.85. The van der Waals surface area contributed by atoms with Gasteiger partial charge in [-0.1, -0.05) is 42.5 Å². The number of nitrogens with zero attached hydrogens (tertiary/aromatic N) is 2. The predicted octanol–water partition coefficient (Wildman–Crippen LogP) is 2.80. The number of ketones is 1. The number of amides is 1. The van der Waals surface area contributed by atoms with Crippen molar-refractivity contribution in [3.05, 3.63) is 84.1 Å². The maximum Gasteiger partial charge on any atom is 0.296 e. The van der Waals surface area contributed by atoms with Gasteiger partial charge in [0.05, 0.1) is 25.2 Å². The number of carbonyl (C=O) groups is 2. The van der Waals surface area contributed by atoms with Crippen LogP contribution in [0, 0.1) is 5.92 Å². The fourth-order valence-electron chi connectivity index (χ4n) is 3.84. The second-order valence-electron chi connectivity index (χ2n) is 6.98. The van der Waals surface area contributed by atoms with E-state index in [4.69, 9.17) is 4.74 Å². The smallest absolute Gasteiger partial charge is 0.296 e. The van der Waals surface area contributed by atoms with Crippen molar-refractivity contribution in [1.29, 1.82) is 0 Å². The van der Waals surface area contributed by atoms with Crippen LogP contribution in [0.5, 0.6) is 11.5 Å². The summed E-state index contributed by atoms with van der Waals surface area (Å²) in [6.45, 7) is 0. The zero-order valence-electron chi connectivity index (χ0n) is 16.2. The third kappa shape index (κ3) is 3.29. The number of aliphatic hydroxyl groups excluding tert-OH is 1. The molecule has 0 saturated carbocycles. The van der Waals surface area contributed by atoms with Gasteiger partial charge in [-0.15, -0.1) is 0 Å². The van der Waals surface area contributed by atoms with Crippen LogP contribution in [0.2, 0.25) is 0 Å². The van der Waals surface area contributed by atoms with E-state index in [0.29, 0.717) is 16.9 Å². The number of methoxy groups -OCH3 is 1. The number of benzene rings is 2. The SMILES string of the molecule is COc1cc(C2C(C(O)c3ccccc3)C(=O)C(=O)N2c2ccccn2)ccc1O. The first-order valence-electron chi connectivity index (χ1n) is 9.41. The Kier molecular flexibility index (Phi) is 5.20. The van der Waals surface area contributed by atoms with Crippen molar-refractivity contribution >= 4 is 17.5 Å². The van der Waals surface area contributed by atoms with Crippen LogP contribution in [-0.2, 0) is 9.59 Å². The van der Waals surface area contributed by atoms with Gasteiger partial charge in [-0.05, 0) is 35.4 Å². The minimum Gasteiger partial charge on any atom is -0.504 e. The zero-order valence-corrected chi connectivity index (χ0v) is 16.2. The quantitative estimate of drug-likeness (QED) is 0.635. The molecule has 1 fully saturated rings. The summed E-state index contributed by atoms with van der Waals surface area (Å²) >= 11 is 0. The number of hydrogen-bond acceptors (Lipinski definition) is 6. The number of pyridine rings is 1. The van der Waals surface area contributed by atoms with E-state index in [-0.39, 0.29) is 11.5 Å². The number of phenols is 1. The van der Waals surface area contributed by atoms with Gasteiger partial charge in [0.2, 0.25) is 5.78 Å². The number of hydrogen-bond donors (Lipinski definition) is 2. The molecule has 2 aromatic carbocycles. The van der Waals surface area contributed by atoms with Crippen molar-refractivity contribution in [2.45, 2.75) is 12.1 Å². The number of ether oxygens (including phenoxy) is 1. The molecule has 3 atom stereocenters. The molecular weight excluding hydrogens is 384 g/mol. The van der Waals surface area contributed by atoms with Crippen molar-refractivity contribution in [3.8, 4) is 11.5 Å². The van der Waals surface area contributed by atoms with Crippen molar-refractivity contribution < 1.29 is 24.5 Å². The van der Waals surface area contributed by atoms with Crippen LogP contribution in [0.1, 0.15) is 23.3 Å². The lowest BCUT2D eigenvalue weighted by Gasteiger charge is -2.29. The topological polar surface area (TPSA) is 100.0 Å². The molecule has 0 radical (unpaired) electrons. The van der Waals surface area contributed by atoms with Gasteiger partial charge < -0.3 is 14.9 Å². The second kappa shape index (κ2) is 7.96. The summed E-state index contributed by atoms with van der Waals surface area (Å²) in [5.41, 5.74) is 1.07. The number of anilines is 1. The standard InChI is InChI=1S/C23H20N2O5/c1-30-17-13-15(10-11-16(17)26)20-19(21(27)14-7-3-2-4-8-14)22(28)23(29)25(20)18-9-5-6-12-24-18/h2-13,19-21,26-27H,1H3. The van der Waals surface area contributed by atoms with Gasteiger partial charge in [0.1, 0.15) is 5.82 Å². The van der Waals surface area contributed by atoms with Gasteiger partial charge in [0, 0.05) is 6.20 Å². The van der Waals surface area contributed by atoms with E-state index in [1.165, 1.54) is 24.3 Å². The number of Topliss-reactive ketones (excluding diaryl/α,β-unsaturated/α-hetero) is 1. The van der Waals surface area contributed by atoms with E-state index in [1.54, 1.807) is 60.7 Å². The monoisotopic (exact) mass is 404 g/mol. The van der Waals surface area contributed by atoms with E-state index >= 15 is 0 Å². The zero-order chi connectivity index (χ0) is 21.3. The van der Waals surface area contributed by atoms with E-state index in [9.17, 15) is 19.8 Å². The van der Waals surface area contributed by atoms with E-state index in [0.717, 1.165) is 0 Å². The van der Waals surface area contributed by atoms with Crippen molar-refractivity contribution in [1.82, 2.24) is 4.98 Å². The third-order valence-electron chi connectivity index (χ3n) is 5.27. The molecule has 1 aliphatic heterocycles. The number of carbonyl (C=O) groups excluding carboxylic acids is 2. The Morgan fingerprint density at radius 1 is 1.03 bits per heavy atom. The summed E-state index contributed by atoms with van der Waals surface area (Å²) in [4.78, 5) is 31.6. The van der Waals surface area contributed by atoms with Gasteiger partial charge in [0.25, 0.3) is 5.91 Å². The molecular formula is C23H20N2O5. The molecule has 1 amide bonds. The molecule has 0 bridgehead atoms. The van der Waals surface area contributed by atoms with Crippen LogP contribution < -0.4 is 9.64 Å². The lowest BCUT2D eigenvalue weighted by Crippen LogP contribution is -2.31. The average molecular weight is 404 g/mol. The van der Waals surface area contributed by atoms with E-state index < -0.39 is 29.8 Å². The molecule has 7 heteroatoms. The molecule has 152 valence electrons. The largest absolute Gasteiger partial charge is 0.504 e. The highest BCUT2D eigenvalue weighted by atomic mass is 16.5. The number of aromatic nitrogens is 1. The van der Waals surface area contributed by atoms with Crippen molar-refractivity contribution in [2.24, 2.45) is 5.92 Å². The molecule has 1 saturated heterocycles. The van der Waals surface area contributed by atoms with E-state index in [1.807, 2.05) is 0 Å². The summed E-state index contributed by atoms with van der Waals surface area (Å²) in [6.07, 6.45) is 0.323. The molecule has 7 nitrogen and oxygen atoms in total. The normalized spacial score (nSPS) is 19.7. The molecule has 0 spiro atoms. The van der Waals surface area contributed by atoms with Crippen LogP contribution in [-0.4, -0.2) is 34.0 Å². The predicted molar refractivity (Wildman–Crippen MR) is 109 cm³/mol. The Bertz CT molecular complexity index is 1070. The first-order valence-corrected chi connectivity index (χ1v) is 9.41. The maximum atomic E-state index is 13.0. The maximum absolute atomic E-state index is 13.0. The molecule has 4 rings (SSSR count). The highest BCUT2D eigenvalue weighted by Gasteiger charge is 2.52. The van der Waals surface area contributed by atoms with Gasteiger partial charge >= 0.3 is 0 Å². The summed E-state index contributed by atoms with van der Waals surface area (Å²) in [7, 11) is 1.41. The Hall–Kier alpha value is -3.71. The Balaban J connectivity index is 1.87. The van der Waals surface area contributed by atoms with Crippen LogP contribution in [0.15, 0.2) is 72.9 Å². The lowest BCUT2D eigenvalue weighted by molar-refractivity contribution is -0.137. The van der Waals surface area contributed by atoms with Gasteiger partial charge in [0.15, 0.2) is 11.5 Å². The number of rotatable bonds is 5. The van der Waals surface area contributed by atoms with Crippen molar-refractivity contribution in [3.63, 3.8) is 0 Å². The van der Waals surface area contributed by atoms with E-state index in [2.05, 4.69) is 4.98 Å². The van der Waals surface area contributed by atoms with Crippen LogP contribution in [0.3, 0.4) is 0 Å². The highest BCUT2D eigenvalue weighted by Crippen LogP contribution is 2.46. The van der Waals surface area contributed by atoms with Gasteiger partial charge in [-0.3, -0.25) is 14.5 Å². The minimum absolute atomic E-state index is 0.0681. The van der Waals surface area contributed by atoms with Crippen LogP contribution in [0.4, 0.5) is 5.82 Å². The van der Waals surface area contributed by atoms with Gasteiger partial charge in [-0.25, -0.2) is 4.98 Å². The molecule has 2 heterocycles. The average Bonchev–Trinajstić information content (AvgIpc) is 3.05. The van der Waals surface area contributed by atoms with Crippen LogP contribution in [0.25, 0.3) is 0 Å². The molecule has 2 N–H and O–H groups in total. The third-order valence-corrected chi connectivity index (χ3v) is 5.27. The number of phenolic OH excluding ortho intramolecular Hbond substituents is 1. The first kappa shape index (κ1) is 19.6. The van der Waals surface area contributed by atoms with Crippen molar-refractivity contribution in [2.75, 3.05) is 12.0 Å². The fraction of sp³-hybridized carbons (Fsp3) is 0.174. The molecule has 3 unspecified atom stereocenters. The molecule has 1 aliphatic rings. The first-order chi connectivity index (χ1) is 14.5. The fourth-order valence-corrected chi connectivity index (χ4v) is 3.84. The molecule has 30 heavy (non-hydrogen) atoms. The highest BCUT2D eigenvalue weighted by molar-refractivity contribution is 6.44. The Morgan fingerprint density at radius 3 is 2.43 bits per heavy atom. The summed E-state index contributed by atoms with van der Waals surface area (Å²) in [6, 6.07) is 17.6. The van der Waals surface area contributed by atoms with Crippen LogP contribution >= 0.6 is 0 Å². The molecule has 0 aliphatic carbocycles. The summed E-state index contributed by atoms with van der Waals surface area (Å²) < 4.78 is 5.20. The summed E-state index contributed by atoms with van der Waals surface area (Å²) in [5, 5.41) is 21.1. The van der Waals surface area contributed by atoms with Gasteiger partial charge in [-0.2, -0.15) is 0 Å². The summed E-state index contributed by atoms with van der Waals surface area (Å²) in [5.74, 6) is -2.07. The molecule has 1 aromatic heterocycles. The second-order valence-corrected chi connectivity index (χ2v) is 6.98. The number of aliphatic hydroxyl groups is 1. The molecule has 3 aromatic rings. The Labute approximate surface area is 173 Å².